The minimum atomic E-state index is -1.64. The van der Waals surface area contributed by atoms with E-state index in [1.807, 2.05) is 0 Å². The van der Waals surface area contributed by atoms with Crippen LogP contribution in [0.15, 0.2) is 11.1 Å². The average molecular weight is 923 g/mol. The summed E-state index contributed by atoms with van der Waals surface area (Å²) < 4.78 is 11.0. The third-order valence-electron chi connectivity index (χ3n) is 9.00. The third kappa shape index (κ3) is 4.98. The minimum absolute atomic E-state index is 0. The molecule has 10 atom stereocenters. The molecule has 2 radical (unpaired) electrons. The van der Waals surface area contributed by atoms with E-state index >= 15 is 0 Å². The van der Waals surface area contributed by atoms with Crippen molar-refractivity contribution in [2.24, 2.45) is 23.2 Å². The number of carbonyl (C=O) groups is 2. The number of Topliss-reactive ketones (excluding diaryl/α,β-unsaturated/α-hetero) is 1. The van der Waals surface area contributed by atoms with Crippen LogP contribution in [0.3, 0.4) is 0 Å². The summed E-state index contributed by atoms with van der Waals surface area (Å²) in [6, 6.07) is 0. The van der Waals surface area contributed by atoms with Gasteiger partial charge in [0.1, 0.15) is 17.8 Å². The van der Waals surface area contributed by atoms with E-state index in [0.29, 0.717) is 5.57 Å². The Morgan fingerprint density at radius 2 is 1.80 bits per heavy atom. The molecule has 5 N–H and O–H groups in total. The number of ether oxygens (including phenoxy) is 2. The van der Waals surface area contributed by atoms with E-state index < -0.39 is 70.7 Å². The summed E-state index contributed by atoms with van der Waals surface area (Å²) in [4.78, 5) is 26.2. The molecule has 1 aliphatic heterocycles. The third-order valence-corrected chi connectivity index (χ3v) is 9.00. The van der Waals surface area contributed by atoms with Crippen LogP contribution in [-0.2, 0) is 19.1 Å². The van der Waals surface area contributed by atoms with Gasteiger partial charge < -0.3 is 35.0 Å². The molecule has 0 spiro atoms. The fraction of sp³-hybridized carbons (Fsp3) is 0.833. The predicted octanol–water partition coefficient (Wildman–Crippen LogP) is -0.147. The SMILES string of the molecule is CC1=C2C[C@@](O)(C[C@@H]1OC(=O)[C@H](O)C(C)C)[C@@H](C)[C@@H]1[C@]3(O)CO[C@@H]3C[C@H](O)[C@@]1(C)C(=O)[C@@H]2O.[Ac].[Ac]. The zero-order valence-electron chi connectivity index (χ0n) is 21.0. The monoisotopic (exact) mass is 922 g/mol. The van der Waals surface area contributed by atoms with Crippen LogP contribution in [0.1, 0.15) is 53.9 Å². The molecule has 9 nitrogen and oxygen atoms in total. The van der Waals surface area contributed by atoms with Crippen molar-refractivity contribution in [1.82, 2.24) is 0 Å². The largest absolute Gasteiger partial charge is 0.456 e. The Bertz CT molecular complexity index is 894. The van der Waals surface area contributed by atoms with Crippen LogP contribution < -0.4 is 0 Å². The topological polar surface area (TPSA) is 154 Å². The Labute approximate surface area is 277 Å². The number of aliphatic hydroxyl groups excluding tert-OH is 3. The molecule has 2 bridgehead atoms. The molecule has 4 rings (SSSR count). The van der Waals surface area contributed by atoms with E-state index in [2.05, 4.69) is 0 Å². The van der Waals surface area contributed by atoms with Crippen LogP contribution in [0, 0.1) is 111 Å². The summed E-state index contributed by atoms with van der Waals surface area (Å²) in [7, 11) is 0. The molecular formula is C24H36Ac2O9. The molecule has 1 heterocycles. The van der Waals surface area contributed by atoms with Crippen LogP contribution in [0.2, 0.25) is 0 Å². The van der Waals surface area contributed by atoms with E-state index in [4.69, 9.17) is 9.47 Å². The van der Waals surface area contributed by atoms with Crippen LogP contribution in [0.5, 0.6) is 0 Å². The molecule has 0 aromatic carbocycles. The first-order chi connectivity index (χ1) is 15.2. The summed E-state index contributed by atoms with van der Waals surface area (Å²) >= 11 is 0. The molecule has 11 heteroatoms. The van der Waals surface area contributed by atoms with Crippen molar-refractivity contribution in [3.8, 4) is 0 Å². The van der Waals surface area contributed by atoms with Crippen molar-refractivity contribution < 1.29 is 133 Å². The molecule has 35 heavy (non-hydrogen) atoms. The molecule has 3 fully saturated rings. The summed E-state index contributed by atoms with van der Waals surface area (Å²) in [5, 5.41) is 55.6. The van der Waals surface area contributed by atoms with E-state index in [1.165, 1.54) is 0 Å². The number of fused-ring (bicyclic) bond motifs is 5. The maximum Gasteiger partial charge on any atom is 0.335 e. The Balaban J connectivity index is 0.00000216. The second-order valence-corrected chi connectivity index (χ2v) is 11.2. The first kappa shape index (κ1) is 32.7. The fourth-order valence-corrected chi connectivity index (χ4v) is 6.63. The average Bonchev–Trinajstić information content (AvgIpc) is 2.75. The van der Waals surface area contributed by atoms with Gasteiger partial charge in [-0.2, -0.15) is 0 Å². The molecule has 0 aromatic rings. The number of carbonyl (C=O) groups excluding carboxylic acids is 2. The molecule has 1 saturated heterocycles. The van der Waals surface area contributed by atoms with Crippen molar-refractivity contribution >= 4 is 11.8 Å². The zero-order chi connectivity index (χ0) is 24.7. The quantitative estimate of drug-likeness (QED) is 0.193. The van der Waals surface area contributed by atoms with Gasteiger partial charge in [-0.15, -0.1) is 0 Å². The van der Waals surface area contributed by atoms with E-state index in [9.17, 15) is 35.1 Å². The Morgan fingerprint density at radius 1 is 1.20 bits per heavy atom. The van der Waals surface area contributed by atoms with Gasteiger partial charge in [0.2, 0.25) is 0 Å². The second-order valence-electron chi connectivity index (χ2n) is 11.2. The van der Waals surface area contributed by atoms with Crippen LogP contribution in [-0.4, -0.2) is 85.6 Å². The summed E-state index contributed by atoms with van der Waals surface area (Å²) in [5.74, 6) is -3.44. The molecule has 4 aliphatic rings. The van der Waals surface area contributed by atoms with E-state index in [-0.39, 0.29) is 125 Å². The summed E-state index contributed by atoms with van der Waals surface area (Å²) in [6.07, 6.45) is -5.78. The Morgan fingerprint density at radius 3 is 2.31 bits per heavy atom. The molecule has 0 unspecified atom stereocenters. The van der Waals surface area contributed by atoms with Gasteiger partial charge in [0.25, 0.3) is 0 Å². The fourth-order valence-electron chi connectivity index (χ4n) is 6.63. The zero-order valence-corrected chi connectivity index (χ0v) is 30.5. The van der Waals surface area contributed by atoms with Gasteiger partial charge in [0.15, 0.2) is 11.9 Å². The summed E-state index contributed by atoms with van der Waals surface area (Å²) in [6.45, 7) is 8.22. The van der Waals surface area contributed by atoms with Gasteiger partial charge in [0.05, 0.1) is 29.8 Å². The van der Waals surface area contributed by atoms with Crippen molar-refractivity contribution in [3.05, 3.63) is 11.1 Å². The molecule has 2 saturated carbocycles. The standard InChI is InChI=1S/C24H36O9.2Ac/c1-10(2)17(26)21(29)33-14-8-23(30)7-13(11(14)3)18(27)20(28)22(5)15(25)6-16-24(31,9-32-16)19(22)12(23)4;;/h10,12,14-19,25-27,30-31H,6-9H2,1-5H3;;/t12-,14-,15-,16+,17+,18+,19-,22+,23+,24-;;/m0../s1. The van der Waals surface area contributed by atoms with Gasteiger partial charge in [0, 0.05) is 113 Å². The Hall–Kier alpha value is 1.52. The van der Waals surface area contributed by atoms with Crippen molar-refractivity contribution in [2.75, 3.05) is 6.61 Å². The molecular weight excluding hydrogens is 886 g/mol. The minimum Gasteiger partial charge on any atom is -0.456 e. The van der Waals surface area contributed by atoms with Gasteiger partial charge in [-0.3, -0.25) is 4.79 Å². The maximum atomic E-state index is 13.7. The van der Waals surface area contributed by atoms with Gasteiger partial charge in [-0.1, -0.05) is 20.8 Å². The van der Waals surface area contributed by atoms with Crippen molar-refractivity contribution in [1.29, 1.82) is 0 Å². The number of aliphatic hydroxyl groups is 5. The summed E-state index contributed by atoms with van der Waals surface area (Å²) in [5.41, 5.74) is -3.78. The number of esters is 1. The normalized spacial score (nSPS) is 45.5. The molecule has 3 aliphatic carbocycles. The molecule has 0 aromatic heterocycles. The van der Waals surface area contributed by atoms with Crippen LogP contribution in [0.25, 0.3) is 0 Å². The second kappa shape index (κ2) is 11.2. The van der Waals surface area contributed by atoms with Crippen molar-refractivity contribution in [2.45, 2.75) is 95.6 Å². The van der Waals surface area contributed by atoms with E-state index in [0.717, 1.165) is 0 Å². The molecule has 0 amide bonds. The molecule has 192 valence electrons. The van der Waals surface area contributed by atoms with Crippen molar-refractivity contribution in [3.63, 3.8) is 0 Å². The predicted molar refractivity (Wildman–Crippen MR) is 115 cm³/mol. The van der Waals surface area contributed by atoms with Gasteiger partial charge >= 0.3 is 5.97 Å². The number of hydrogen-bond donors (Lipinski definition) is 5. The first-order valence-electron chi connectivity index (χ1n) is 11.7. The van der Waals surface area contributed by atoms with Crippen LogP contribution in [0.4, 0.5) is 0 Å². The number of hydrogen-bond acceptors (Lipinski definition) is 9. The first-order valence-corrected chi connectivity index (χ1v) is 11.7. The van der Waals surface area contributed by atoms with Gasteiger partial charge in [-0.05, 0) is 36.8 Å². The maximum absolute atomic E-state index is 13.7. The Kier molecular flexibility index (Phi) is 10.5. The van der Waals surface area contributed by atoms with E-state index in [1.54, 1.807) is 34.6 Å². The number of ketones is 1. The smallest absolute Gasteiger partial charge is 0.335 e. The van der Waals surface area contributed by atoms with Crippen LogP contribution >= 0.6 is 0 Å². The number of rotatable bonds is 3. The van der Waals surface area contributed by atoms with Gasteiger partial charge in [-0.25, -0.2) is 4.79 Å².